The number of nitrogens with one attached hydrogen (secondary N) is 2. The van der Waals surface area contributed by atoms with Gasteiger partial charge in [-0.1, -0.05) is 29.8 Å². The van der Waals surface area contributed by atoms with Crippen LogP contribution in [0.3, 0.4) is 0 Å². The van der Waals surface area contributed by atoms with Gasteiger partial charge in [-0.3, -0.25) is 4.79 Å². The van der Waals surface area contributed by atoms with Crippen molar-refractivity contribution in [2.45, 2.75) is 38.0 Å². The highest BCUT2D eigenvalue weighted by Gasteiger charge is 2.31. The first-order chi connectivity index (χ1) is 10.7. The highest BCUT2D eigenvalue weighted by molar-refractivity contribution is 5.81. The van der Waals surface area contributed by atoms with Crippen LogP contribution in [0.5, 0.6) is 0 Å². The Morgan fingerprint density at radius 1 is 1.23 bits per heavy atom. The van der Waals surface area contributed by atoms with Crippen molar-refractivity contribution in [1.82, 2.24) is 10.6 Å². The molecule has 2 saturated heterocycles. The van der Waals surface area contributed by atoms with Gasteiger partial charge in [0.2, 0.25) is 0 Å². The van der Waals surface area contributed by atoms with Crippen molar-refractivity contribution in [3.05, 3.63) is 35.4 Å². The van der Waals surface area contributed by atoms with Crippen LogP contribution >= 0.6 is 0 Å². The summed E-state index contributed by atoms with van der Waals surface area (Å²) in [6.45, 7) is 4.78. The van der Waals surface area contributed by atoms with Gasteiger partial charge in [0.15, 0.2) is 0 Å². The number of morpholine rings is 1. The predicted octanol–water partition coefficient (Wildman–Crippen LogP) is 1.32. The average molecular weight is 304 g/mol. The Morgan fingerprint density at radius 2 is 2.05 bits per heavy atom. The van der Waals surface area contributed by atoms with Crippen LogP contribution in [0.4, 0.5) is 0 Å². The van der Waals surface area contributed by atoms with E-state index in [0.29, 0.717) is 13.2 Å². The third-order valence-corrected chi connectivity index (χ3v) is 4.28. The van der Waals surface area contributed by atoms with Gasteiger partial charge in [-0.05, 0) is 25.3 Å². The lowest BCUT2D eigenvalue weighted by Crippen LogP contribution is -2.52. The largest absolute Gasteiger partial charge is 0.371 e. The van der Waals surface area contributed by atoms with Gasteiger partial charge in [0.05, 0.1) is 12.6 Å². The Kier molecular flexibility index (Phi) is 5.08. The first-order valence-electron chi connectivity index (χ1n) is 8.05. The van der Waals surface area contributed by atoms with Crippen LogP contribution in [0, 0.1) is 6.92 Å². The van der Waals surface area contributed by atoms with Gasteiger partial charge in [0.1, 0.15) is 12.2 Å². The SMILES string of the molecule is Cc1ccc(C2OCCCC2NC(=O)C2CNCCO2)cc1. The summed E-state index contributed by atoms with van der Waals surface area (Å²) in [6.07, 6.45) is 1.44. The highest BCUT2D eigenvalue weighted by Crippen LogP contribution is 2.28. The van der Waals surface area contributed by atoms with Crippen LogP contribution in [-0.4, -0.2) is 44.4 Å². The van der Waals surface area contributed by atoms with Crippen LogP contribution in [-0.2, 0) is 14.3 Å². The summed E-state index contributed by atoms with van der Waals surface area (Å²) in [6, 6.07) is 8.35. The molecule has 3 unspecified atom stereocenters. The number of carbonyl (C=O) groups excluding carboxylic acids is 1. The maximum absolute atomic E-state index is 12.4. The molecule has 0 radical (unpaired) electrons. The first kappa shape index (κ1) is 15.5. The summed E-state index contributed by atoms with van der Waals surface area (Å²) in [5, 5.41) is 6.31. The van der Waals surface area contributed by atoms with Crippen molar-refractivity contribution < 1.29 is 14.3 Å². The molecular formula is C17H24N2O3. The lowest BCUT2D eigenvalue weighted by atomic mass is 9.95. The smallest absolute Gasteiger partial charge is 0.250 e. The van der Waals surface area contributed by atoms with Crippen molar-refractivity contribution in [1.29, 1.82) is 0 Å². The molecule has 2 heterocycles. The van der Waals surface area contributed by atoms with Gasteiger partial charge in [-0.25, -0.2) is 0 Å². The van der Waals surface area contributed by atoms with Crippen LogP contribution < -0.4 is 10.6 Å². The Morgan fingerprint density at radius 3 is 2.77 bits per heavy atom. The van der Waals surface area contributed by atoms with E-state index >= 15 is 0 Å². The van der Waals surface area contributed by atoms with Gasteiger partial charge < -0.3 is 20.1 Å². The van der Waals surface area contributed by atoms with E-state index < -0.39 is 6.10 Å². The summed E-state index contributed by atoms with van der Waals surface area (Å²) >= 11 is 0. The topological polar surface area (TPSA) is 59.6 Å². The lowest BCUT2D eigenvalue weighted by Gasteiger charge is -2.34. The quantitative estimate of drug-likeness (QED) is 0.884. The summed E-state index contributed by atoms with van der Waals surface area (Å²) in [5.41, 5.74) is 2.35. The Hall–Kier alpha value is -1.43. The second kappa shape index (κ2) is 7.22. The summed E-state index contributed by atoms with van der Waals surface area (Å²) in [7, 11) is 0. The number of rotatable bonds is 3. The van der Waals surface area contributed by atoms with Crippen LogP contribution in [0.25, 0.3) is 0 Å². The van der Waals surface area contributed by atoms with Crippen LogP contribution in [0.1, 0.15) is 30.1 Å². The van der Waals surface area contributed by atoms with Crippen LogP contribution in [0.2, 0.25) is 0 Å². The third kappa shape index (κ3) is 3.66. The Balaban J connectivity index is 1.66. The van der Waals surface area contributed by atoms with Gasteiger partial charge in [-0.15, -0.1) is 0 Å². The molecule has 2 N–H and O–H groups in total. The molecule has 5 heteroatoms. The molecule has 5 nitrogen and oxygen atoms in total. The zero-order valence-electron chi connectivity index (χ0n) is 13.0. The minimum Gasteiger partial charge on any atom is -0.371 e. The average Bonchev–Trinajstić information content (AvgIpc) is 2.57. The van der Waals surface area contributed by atoms with Crippen molar-refractivity contribution in [3.8, 4) is 0 Å². The number of hydrogen-bond donors (Lipinski definition) is 2. The van der Waals surface area contributed by atoms with E-state index in [9.17, 15) is 4.79 Å². The molecule has 3 atom stereocenters. The molecular weight excluding hydrogens is 280 g/mol. The minimum absolute atomic E-state index is 0.00878. The summed E-state index contributed by atoms with van der Waals surface area (Å²) in [5.74, 6) is -0.0418. The molecule has 2 fully saturated rings. The van der Waals surface area contributed by atoms with Gasteiger partial charge >= 0.3 is 0 Å². The molecule has 0 saturated carbocycles. The summed E-state index contributed by atoms with van der Waals surface area (Å²) < 4.78 is 11.5. The number of carbonyl (C=O) groups is 1. The standard InChI is InChI=1S/C17H24N2O3/c1-12-4-6-13(7-5-12)16-14(3-2-9-22-16)19-17(20)15-11-18-8-10-21-15/h4-7,14-16,18H,2-3,8-11H2,1H3,(H,19,20). The Bertz CT molecular complexity index is 497. The highest BCUT2D eigenvalue weighted by atomic mass is 16.5. The molecule has 0 spiro atoms. The van der Waals surface area contributed by atoms with E-state index in [4.69, 9.17) is 9.47 Å². The molecule has 22 heavy (non-hydrogen) atoms. The molecule has 120 valence electrons. The normalized spacial score (nSPS) is 29.0. The van der Waals surface area contributed by atoms with E-state index in [1.165, 1.54) is 5.56 Å². The minimum atomic E-state index is -0.394. The molecule has 1 aromatic rings. The third-order valence-electron chi connectivity index (χ3n) is 4.28. The monoisotopic (exact) mass is 304 g/mol. The van der Waals surface area contributed by atoms with Gasteiger partial charge in [0, 0.05) is 19.7 Å². The number of aryl methyl sites for hydroxylation is 1. The van der Waals surface area contributed by atoms with E-state index in [1.54, 1.807) is 0 Å². The van der Waals surface area contributed by atoms with Gasteiger partial charge in [0.25, 0.3) is 5.91 Å². The number of benzene rings is 1. The predicted molar refractivity (Wildman–Crippen MR) is 83.6 cm³/mol. The number of ether oxygens (including phenoxy) is 2. The second-order valence-corrected chi connectivity index (χ2v) is 6.02. The zero-order valence-corrected chi connectivity index (χ0v) is 13.0. The molecule has 0 aliphatic carbocycles. The maximum Gasteiger partial charge on any atom is 0.250 e. The molecule has 0 bridgehead atoms. The molecule has 2 aliphatic heterocycles. The first-order valence-corrected chi connectivity index (χ1v) is 8.05. The molecule has 3 rings (SSSR count). The van der Waals surface area contributed by atoms with Crippen molar-refractivity contribution in [3.63, 3.8) is 0 Å². The summed E-state index contributed by atoms with van der Waals surface area (Å²) in [4.78, 5) is 12.4. The lowest BCUT2D eigenvalue weighted by molar-refractivity contribution is -0.137. The van der Waals surface area contributed by atoms with Crippen molar-refractivity contribution in [2.24, 2.45) is 0 Å². The van der Waals surface area contributed by atoms with E-state index in [-0.39, 0.29) is 18.1 Å². The van der Waals surface area contributed by atoms with Crippen molar-refractivity contribution >= 4 is 5.91 Å². The fraction of sp³-hybridized carbons (Fsp3) is 0.588. The zero-order chi connectivity index (χ0) is 15.4. The fourth-order valence-electron chi connectivity index (χ4n) is 3.02. The van der Waals surface area contributed by atoms with E-state index in [2.05, 4.69) is 41.8 Å². The van der Waals surface area contributed by atoms with E-state index in [1.807, 2.05) is 0 Å². The molecule has 0 aromatic heterocycles. The number of amides is 1. The maximum atomic E-state index is 12.4. The number of hydrogen-bond acceptors (Lipinski definition) is 4. The van der Waals surface area contributed by atoms with Crippen molar-refractivity contribution in [2.75, 3.05) is 26.3 Å². The van der Waals surface area contributed by atoms with E-state index in [0.717, 1.165) is 31.6 Å². The fourth-order valence-corrected chi connectivity index (χ4v) is 3.02. The Labute approximate surface area is 131 Å². The van der Waals surface area contributed by atoms with Crippen LogP contribution in [0.15, 0.2) is 24.3 Å². The second-order valence-electron chi connectivity index (χ2n) is 6.02. The molecule has 1 amide bonds. The van der Waals surface area contributed by atoms with Gasteiger partial charge in [-0.2, -0.15) is 0 Å². The molecule has 2 aliphatic rings. The molecule has 1 aromatic carbocycles.